The number of rotatable bonds is 6. The van der Waals surface area contributed by atoms with Crippen molar-refractivity contribution in [2.24, 2.45) is 46.3 Å². The molecule has 0 heterocycles. The lowest BCUT2D eigenvalue weighted by Crippen LogP contribution is -2.54. The van der Waals surface area contributed by atoms with Crippen LogP contribution in [0.2, 0.25) is 0 Å². The molecule has 4 rings (SSSR count). The van der Waals surface area contributed by atoms with Crippen LogP contribution >= 0.6 is 0 Å². The second-order valence-electron chi connectivity index (χ2n) is 13.2. The van der Waals surface area contributed by atoms with E-state index in [9.17, 15) is 10.2 Å². The monoisotopic (exact) mass is 430 g/mol. The second-order valence-corrected chi connectivity index (χ2v) is 13.2. The van der Waals surface area contributed by atoms with Crippen LogP contribution in [0.25, 0.3) is 0 Å². The Morgan fingerprint density at radius 1 is 1.10 bits per heavy atom. The van der Waals surface area contributed by atoms with Crippen molar-refractivity contribution in [1.29, 1.82) is 0 Å². The molecule has 31 heavy (non-hydrogen) atoms. The Kier molecular flexibility index (Phi) is 6.50. The quantitative estimate of drug-likeness (QED) is 0.440. The van der Waals surface area contributed by atoms with Crippen LogP contribution in [-0.4, -0.2) is 21.9 Å². The third-order valence-corrected chi connectivity index (χ3v) is 11.1. The van der Waals surface area contributed by atoms with E-state index in [4.69, 9.17) is 0 Å². The molecule has 0 aromatic heterocycles. The van der Waals surface area contributed by atoms with Crippen LogP contribution in [0.1, 0.15) is 112 Å². The van der Waals surface area contributed by atoms with Crippen molar-refractivity contribution in [2.45, 2.75) is 124 Å². The van der Waals surface area contributed by atoms with E-state index in [1.165, 1.54) is 38.5 Å². The maximum Gasteiger partial charge on any atom is 0.0648 e. The summed E-state index contributed by atoms with van der Waals surface area (Å²) in [5, 5.41) is 21.7. The Balaban J connectivity index is 1.65. The number of allylic oxidation sites excluding steroid dienone is 2. The standard InChI is InChI=1S/C29H50O2/c1-7-29(31)16-15-28(6)21(18-29)17-22(20(4)10-11-25(30)19(2)3)26-23-9-8-13-27(23,5)14-12-24(26)28/h12,19-23,25-26,30-31H,7-11,13-18H2,1-6H3/t20-,21+,22?,23+,25-,26+,27-,28+,29+/m1/s1. The lowest BCUT2D eigenvalue weighted by molar-refractivity contribution is -0.0935. The van der Waals surface area contributed by atoms with Gasteiger partial charge in [-0.25, -0.2) is 0 Å². The Labute approximate surface area is 192 Å². The van der Waals surface area contributed by atoms with E-state index in [0.29, 0.717) is 34.5 Å². The third-order valence-electron chi connectivity index (χ3n) is 11.1. The highest BCUT2D eigenvalue weighted by atomic mass is 16.3. The fraction of sp³-hybridized carbons (Fsp3) is 0.931. The smallest absolute Gasteiger partial charge is 0.0648 e. The average molecular weight is 431 g/mol. The summed E-state index contributed by atoms with van der Waals surface area (Å²) in [5.74, 6) is 3.91. The van der Waals surface area contributed by atoms with E-state index >= 15 is 0 Å². The van der Waals surface area contributed by atoms with Crippen molar-refractivity contribution in [1.82, 2.24) is 0 Å². The van der Waals surface area contributed by atoms with Gasteiger partial charge in [-0.3, -0.25) is 0 Å². The summed E-state index contributed by atoms with van der Waals surface area (Å²) in [5.41, 5.74) is 2.15. The molecule has 2 nitrogen and oxygen atoms in total. The molecule has 0 saturated heterocycles. The zero-order valence-electron chi connectivity index (χ0n) is 21.3. The molecule has 0 spiro atoms. The van der Waals surface area contributed by atoms with Gasteiger partial charge >= 0.3 is 0 Å². The SMILES string of the molecule is CC[C@]1(O)CC[C@]2(C)C3=CC[C@@]4(C)CCC[C@H]4[C@@H]3C([C@H](C)CC[C@@H](O)C(C)C)C[C@H]2C1. The van der Waals surface area contributed by atoms with Crippen molar-refractivity contribution in [3.05, 3.63) is 11.6 Å². The van der Waals surface area contributed by atoms with Crippen molar-refractivity contribution < 1.29 is 10.2 Å². The zero-order chi connectivity index (χ0) is 22.6. The largest absolute Gasteiger partial charge is 0.393 e. The molecular formula is C29H50O2. The molecule has 0 aromatic carbocycles. The van der Waals surface area contributed by atoms with Crippen LogP contribution in [-0.2, 0) is 0 Å². The normalized spacial score (nSPS) is 46.7. The van der Waals surface area contributed by atoms with E-state index < -0.39 is 5.60 Å². The summed E-state index contributed by atoms with van der Waals surface area (Å²) in [6, 6.07) is 0. The van der Waals surface area contributed by atoms with Gasteiger partial charge in [-0.05, 0) is 111 Å². The van der Waals surface area contributed by atoms with Crippen LogP contribution in [0, 0.1) is 46.3 Å². The molecule has 2 heteroatoms. The van der Waals surface area contributed by atoms with Gasteiger partial charge in [0, 0.05) is 0 Å². The lowest BCUT2D eigenvalue weighted by Gasteiger charge is -2.61. The van der Waals surface area contributed by atoms with E-state index in [-0.39, 0.29) is 6.10 Å². The van der Waals surface area contributed by atoms with Gasteiger partial charge in [-0.15, -0.1) is 0 Å². The van der Waals surface area contributed by atoms with E-state index in [1.54, 1.807) is 5.57 Å². The maximum absolute atomic E-state index is 11.2. The van der Waals surface area contributed by atoms with Gasteiger partial charge in [0.15, 0.2) is 0 Å². The predicted octanol–water partition coefficient (Wildman–Crippen LogP) is 7.14. The fourth-order valence-corrected chi connectivity index (χ4v) is 8.53. The molecule has 2 N–H and O–H groups in total. The number of aliphatic hydroxyl groups is 2. The minimum absolute atomic E-state index is 0.172. The predicted molar refractivity (Wildman–Crippen MR) is 130 cm³/mol. The van der Waals surface area contributed by atoms with Gasteiger partial charge in [-0.2, -0.15) is 0 Å². The van der Waals surface area contributed by atoms with Crippen molar-refractivity contribution >= 4 is 0 Å². The molecule has 4 aliphatic carbocycles. The molecule has 4 aliphatic rings. The topological polar surface area (TPSA) is 40.5 Å². The first-order valence-corrected chi connectivity index (χ1v) is 13.6. The molecule has 1 unspecified atom stereocenters. The molecule has 0 radical (unpaired) electrons. The third kappa shape index (κ3) is 4.07. The molecule has 178 valence electrons. The lowest BCUT2D eigenvalue weighted by atomic mass is 9.44. The highest BCUT2D eigenvalue weighted by Gasteiger charge is 2.59. The average Bonchev–Trinajstić information content (AvgIpc) is 3.13. The van der Waals surface area contributed by atoms with E-state index in [0.717, 1.165) is 43.9 Å². The molecule has 9 atom stereocenters. The number of hydrogen-bond donors (Lipinski definition) is 2. The van der Waals surface area contributed by atoms with Crippen LogP contribution < -0.4 is 0 Å². The van der Waals surface area contributed by atoms with Gasteiger partial charge in [0.05, 0.1) is 11.7 Å². The molecule has 3 fully saturated rings. The number of aliphatic hydroxyl groups excluding tert-OH is 1. The van der Waals surface area contributed by atoms with Crippen molar-refractivity contribution in [2.75, 3.05) is 0 Å². The minimum Gasteiger partial charge on any atom is -0.393 e. The summed E-state index contributed by atoms with van der Waals surface area (Å²) in [4.78, 5) is 0. The van der Waals surface area contributed by atoms with Gasteiger partial charge < -0.3 is 10.2 Å². The summed E-state index contributed by atoms with van der Waals surface area (Å²) in [6.45, 7) is 14.1. The molecular weight excluding hydrogens is 380 g/mol. The summed E-state index contributed by atoms with van der Waals surface area (Å²) in [6.07, 6.45) is 15.4. The fourth-order valence-electron chi connectivity index (χ4n) is 8.53. The summed E-state index contributed by atoms with van der Waals surface area (Å²) < 4.78 is 0. The van der Waals surface area contributed by atoms with Gasteiger partial charge in [0.2, 0.25) is 0 Å². The van der Waals surface area contributed by atoms with Crippen LogP contribution in [0.4, 0.5) is 0 Å². The highest BCUT2D eigenvalue weighted by Crippen LogP contribution is 2.67. The molecule has 0 aliphatic heterocycles. The van der Waals surface area contributed by atoms with Crippen LogP contribution in [0.5, 0.6) is 0 Å². The van der Waals surface area contributed by atoms with Crippen LogP contribution in [0.3, 0.4) is 0 Å². The summed E-state index contributed by atoms with van der Waals surface area (Å²) >= 11 is 0. The van der Waals surface area contributed by atoms with Crippen molar-refractivity contribution in [3.63, 3.8) is 0 Å². The Hall–Kier alpha value is -0.340. The van der Waals surface area contributed by atoms with Crippen molar-refractivity contribution in [3.8, 4) is 0 Å². The van der Waals surface area contributed by atoms with E-state index in [2.05, 4.69) is 47.6 Å². The molecule has 3 saturated carbocycles. The van der Waals surface area contributed by atoms with E-state index in [1.807, 2.05) is 0 Å². The first-order valence-electron chi connectivity index (χ1n) is 13.6. The first kappa shape index (κ1) is 23.8. The van der Waals surface area contributed by atoms with Crippen LogP contribution in [0.15, 0.2) is 11.6 Å². The van der Waals surface area contributed by atoms with Gasteiger partial charge in [0.1, 0.15) is 0 Å². The molecule has 0 bridgehead atoms. The van der Waals surface area contributed by atoms with Gasteiger partial charge in [0.25, 0.3) is 0 Å². The number of hydrogen-bond acceptors (Lipinski definition) is 2. The number of fused-ring (bicyclic) bond motifs is 5. The summed E-state index contributed by atoms with van der Waals surface area (Å²) in [7, 11) is 0. The minimum atomic E-state index is -0.449. The maximum atomic E-state index is 11.2. The highest BCUT2D eigenvalue weighted by molar-refractivity contribution is 5.30. The molecule has 0 aromatic rings. The molecule has 0 amide bonds. The van der Waals surface area contributed by atoms with Gasteiger partial charge in [-0.1, -0.05) is 59.6 Å². The Morgan fingerprint density at radius 2 is 1.84 bits per heavy atom. The first-order chi connectivity index (χ1) is 14.5. The Bertz CT molecular complexity index is 682. The zero-order valence-corrected chi connectivity index (χ0v) is 21.3. The Morgan fingerprint density at radius 3 is 2.52 bits per heavy atom. The second kappa shape index (κ2) is 8.46.